The SMILES string of the molecule is C[C@@H]1C(=O)OC2[C@H](OC(=S)Oc3ccccc3)C34C5OC(=O)C3(OC3OC(=O)[C@H](O)C34C(C(C)(C)C)[C@H]5O)[C@]21O. The van der Waals surface area contributed by atoms with Crippen molar-refractivity contribution in [2.75, 3.05) is 0 Å². The van der Waals surface area contributed by atoms with Gasteiger partial charge in [-0.1, -0.05) is 39.0 Å². The lowest BCUT2D eigenvalue weighted by Gasteiger charge is -2.47. The second kappa shape index (κ2) is 7.51. The molecular formula is C27H28O12S. The zero-order valence-electron chi connectivity index (χ0n) is 21.9. The van der Waals surface area contributed by atoms with Crippen LogP contribution in [0.5, 0.6) is 5.75 Å². The maximum atomic E-state index is 14.0. The Kier molecular flexibility index (Phi) is 4.90. The van der Waals surface area contributed by atoms with Gasteiger partial charge in [0.2, 0.25) is 11.9 Å². The molecule has 2 saturated carbocycles. The summed E-state index contributed by atoms with van der Waals surface area (Å²) in [4.78, 5) is 39.9. The van der Waals surface area contributed by atoms with E-state index in [1.807, 2.05) is 0 Å². The molecule has 12 atom stereocenters. The molecule has 0 amide bonds. The Morgan fingerprint density at radius 1 is 1.00 bits per heavy atom. The number of esters is 3. The van der Waals surface area contributed by atoms with Gasteiger partial charge < -0.3 is 43.7 Å². The fraction of sp³-hybridized carbons (Fsp3) is 0.630. The first-order chi connectivity index (χ1) is 18.7. The largest absolute Gasteiger partial charge is 0.456 e. The van der Waals surface area contributed by atoms with Gasteiger partial charge in [-0.25, -0.2) is 9.59 Å². The van der Waals surface area contributed by atoms with E-state index in [9.17, 15) is 29.7 Å². The molecule has 0 bridgehead atoms. The predicted molar refractivity (Wildman–Crippen MR) is 132 cm³/mol. The summed E-state index contributed by atoms with van der Waals surface area (Å²) in [6.45, 7) is 6.72. The first kappa shape index (κ1) is 26.1. The Hall–Kier alpha value is -2.84. The van der Waals surface area contributed by atoms with Gasteiger partial charge in [0.15, 0.2) is 23.9 Å². The lowest BCUT2D eigenvalue weighted by molar-refractivity contribution is -0.240. The van der Waals surface area contributed by atoms with Gasteiger partial charge in [-0.05, 0) is 24.5 Å². The highest BCUT2D eigenvalue weighted by Gasteiger charge is 3.06. The summed E-state index contributed by atoms with van der Waals surface area (Å²) in [6, 6.07) is 8.41. The molecule has 4 saturated heterocycles. The summed E-state index contributed by atoms with van der Waals surface area (Å²) < 4.78 is 35.2. The minimum absolute atomic E-state index is 0.314. The van der Waals surface area contributed by atoms with Crippen LogP contribution in [0.3, 0.4) is 0 Å². The highest BCUT2D eigenvalue weighted by molar-refractivity contribution is 7.79. The average molecular weight is 577 g/mol. The van der Waals surface area contributed by atoms with Gasteiger partial charge in [0, 0.05) is 18.1 Å². The van der Waals surface area contributed by atoms with Gasteiger partial charge in [0.25, 0.3) is 0 Å². The summed E-state index contributed by atoms with van der Waals surface area (Å²) in [5, 5.41) is 35.5. The topological polar surface area (TPSA) is 167 Å². The van der Waals surface area contributed by atoms with Gasteiger partial charge in [-0.15, -0.1) is 0 Å². The summed E-state index contributed by atoms with van der Waals surface area (Å²) in [7, 11) is 0. The number of hydrogen-bond acceptors (Lipinski definition) is 13. The molecular weight excluding hydrogens is 548 g/mol. The average Bonchev–Trinajstić information content (AvgIpc) is 3.57. The molecule has 2 aliphatic carbocycles. The highest BCUT2D eigenvalue weighted by Crippen LogP contribution is 2.85. The Morgan fingerprint density at radius 3 is 2.33 bits per heavy atom. The third-order valence-electron chi connectivity index (χ3n) is 10.1. The third-order valence-corrected chi connectivity index (χ3v) is 10.3. The molecule has 0 radical (unpaired) electrons. The zero-order chi connectivity index (χ0) is 28.8. The van der Waals surface area contributed by atoms with Crippen molar-refractivity contribution in [2.45, 2.75) is 75.7 Å². The van der Waals surface area contributed by atoms with Crippen molar-refractivity contribution in [3.63, 3.8) is 0 Å². The fourth-order valence-electron chi connectivity index (χ4n) is 9.10. The number of benzene rings is 1. The van der Waals surface area contributed by atoms with Crippen LogP contribution in [0.1, 0.15) is 27.7 Å². The van der Waals surface area contributed by atoms with Gasteiger partial charge in [0.1, 0.15) is 17.3 Å². The number of para-hydroxylation sites is 1. The molecule has 12 nitrogen and oxygen atoms in total. The number of aliphatic hydroxyl groups is 3. The van der Waals surface area contributed by atoms with E-state index in [1.165, 1.54) is 6.92 Å². The predicted octanol–water partition coefficient (Wildman–Crippen LogP) is -0.0105. The second-order valence-corrected chi connectivity index (χ2v) is 12.9. The lowest BCUT2D eigenvalue weighted by atomic mass is 9.51. The molecule has 4 heterocycles. The monoisotopic (exact) mass is 576 g/mol. The number of carbonyl (C=O) groups is 3. The molecule has 6 fully saturated rings. The molecule has 3 N–H and O–H groups in total. The second-order valence-electron chi connectivity index (χ2n) is 12.5. The molecule has 7 unspecified atom stereocenters. The summed E-state index contributed by atoms with van der Waals surface area (Å²) >= 11 is 5.42. The molecule has 6 aliphatic rings. The number of ether oxygens (including phenoxy) is 6. The molecule has 4 aliphatic heterocycles. The zero-order valence-corrected chi connectivity index (χ0v) is 22.7. The van der Waals surface area contributed by atoms with Crippen LogP contribution in [0.2, 0.25) is 0 Å². The number of carbonyl (C=O) groups excluding carboxylic acids is 3. The van der Waals surface area contributed by atoms with Crippen LogP contribution in [0.25, 0.3) is 0 Å². The molecule has 13 heteroatoms. The van der Waals surface area contributed by atoms with Crippen molar-refractivity contribution in [3.05, 3.63) is 30.3 Å². The van der Waals surface area contributed by atoms with Gasteiger partial charge in [0.05, 0.1) is 17.4 Å². The number of thiocarbonyl (C=S) groups is 1. The normalized spacial score (nSPS) is 49.5. The van der Waals surface area contributed by atoms with Crippen LogP contribution in [0.4, 0.5) is 0 Å². The first-order valence-corrected chi connectivity index (χ1v) is 13.4. The Bertz CT molecular complexity index is 1360. The maximum absolute atomic E-state index is 14.0. The third kappa shape index (κ3) is 2.38. The highest BCUT2D eigenvalue weighted by atomic mass is 32.1. The minimum Gasteiger partial charge on any atom is -0.456 e. The van der Waals surface area contributed by atoms with Gasteiger partial charge in [-0.2, -0.15) is 0 Å². The number of fused-ring (bicyclic) bond motifs is 1. The van der Waals surface area contributed by atoms with Crippen LogP contribution < -0.4 is 4.74 Å². The van der Waals surface area contributed by atoms with Gasteiger partial charge >= 0.3 is 23.1 Å². The van der Waals surface area contributed by atoms with Crippen molar-refractivity contribution in [1.29, 1.82) is 0 Å². The number of aliphatic hydroxyl groups excluding tert-OH is 2. The molecule has 1 aromatic rings. The van der Waals surface area contributed by atoms with Crippen LogP contribution in [-0.2, 0) is 38.1 Å². The van der Waals surface area contributed by atoms with E-state index in [4.69, 9.17) is 40.6 Å². The van der Waals surface area contributed by atoms with E-state index in [0.717, 1.165) is 0 Å². The van der Waals surface area contributed by atoms with Crippen LogP contribution in [-0.4, -0.2) is 86.5 Å². The van der Waals surface area contributed by atoms with E-state index < -0.39 is 99.2 Å². The Labute approximate surface area is 233 Å². The Balaban J connectivity index is 1.50. The van der Waals surface area contributed by atoms with Crippen molar-refractivity contribution in [1.82, 2.24) is 0 Å². The van der Waals surface area contributed by atoms with E-state index in [1.54, 1.807) is 51.1 Å². The minimum atomic E-state index is -2.44. The van der Waals surface area contributed by atoms with E-state index in [0.29, 0.717) is 5.75 Å². The van der Waals surface area contributed by atoms with Crippen molar-refractivity contribution < 1.29 is 58.1 Å². The maximum Gasteiger partial charge on any atom is 0.358 e. The van der Waals surface area contributed by atoms with Crippen LogP contribution >= 0.6 is 12.2 Å². The fourth-order valence-corrected chi connectivity index (χ4v) is 9.30. The van der Waals surface area contributed by atoms with E-state index >= 15 is 0 Å². The number of hydrogen-bond donors (Lipinski definition) is 3. The Morgan fingerprint density at radius 2 is 1.68 bits per heavy atom. The standard InChI is InChI=1S/C27H28O12S/c1-10-18(30)35-17-16(37-22(40)34-11-8-6-5-7-9-11)25-15-12(28)13(23(2,3)4)24(25)14(29)19(31)38-21(24)39-27(25,20(32)36-15)26(10,17)33/h5-10,12-17,21,28-29,33H,1-4H3/t10-,12-,13?,14+,15?,16+,17?,21?,24?,25?,26-,27?/m1/s1. The molecule has 0 aromatic heterocycles. The molecule has 7 rings (SSSR count). The van der Waals surface area contributed by atoms with Crippen molar-refractivity contribution in [3.8, 4) is 5.75 Å². The smallest absolute Gasteiger partial charge is 0.358 e. The van der Waals surface area contributed by atoms with E-state index in [2.05, 4.69) is 0 Å². The number of rotatable bonds is 2. The molecule has 214 valence electrons. The summed E-state index contributed by atoms with van der Waals surface area (Å²) in [5.41, 5.74) is -9.60. The van der Waals surface area contributed by atoms with Crippen LogP contribution in [0, 0.1) is 28.1 Å². The van der Waals surface area contributed by atoms with Crippen LogP contribution in [0.15, 0.2) is 30.3 Å². The quantitative estimate of drug-likeness (QED) is 0.245. The van der Waals surface area contributed by atoms with Crippen molar-refractivity contribution in [2.24, 2.45) is 28.1 Å². The molecule has 1 aromatic carbocycles. The van der Waals surface area contributed by atoms with E-state index in [-0.39, 0.29) is 0 Å². The summed E-state index contributed by atoms with van der Waals surface area (Å²) in [5.74, 6) is -4.99. The molecule has 40 heavy (non-hydrogen) atoms. The van der Waals surface area contributed by atoms with Gasteiger partial charge in [-0.3, -0.25) is 4.79 Å². The first-order valence-electron chi connectivity index (χ1n) is 13.0. The summed E-state index contributed by atoms with van der Waals surface area (Å²) in [6.07, 6.45) is -9.62. The lowest BCUT2D eigenvalue weighted by Crippen LogP contribution is -2.67. The van der Waals surface area contributed by atoms with Crippen molar-refractivity contribution >= 4 is 35.4 Å². The molecule has 2 spiro atoms.